The molecule has 0 spiro atoms. The summed E-state index contributed by atoms with van der Waals surface area (Å²) in [6.45, 7) is 3.59. The Hall–Kier alpha value is -1.78. The molecule has 1 aromatic heterocycles. The molecule has 1 saturated heterocycles. The van der Waals surface area contributed by atoms with E-state index >= 15 is 0 Å². The minimum atomic E-state index is -0.0204. The number of aliphatic hydroxyl groups excluding tert-OH is 1. The summed E-state index contributed by atoms with van der Waals surface area (Å²) in [5.74, 6) is 0.931. The zero-order valence-electron chi connectivity index (χ0n) is 11.7. The molecule has 0 aliphatic carbocycles. The predicted octanol–water partition coefficient (Wildman–Crippen LogP) is 2.55. The molecule has 1 aliphatic heterocycles. The van der Waals surface area contributed by atoms with Crippen molar-refractivity contribution in [3.8, 4) is 0 Å². The van der Waals surface area contributed by atoms with Crippen LogP contribution in [-0.2, 0) is 6.61 Å². The van der Waals surface area contributed by atoms with Crippen LogP contribution in [0.5, 0.6) is 0 Å². The van der Waals surface area contributed by atoms with Gasteiger partial charge in [0.25, 0.3) is 0 Å². The average Bonchev–Trinajstić information content (AvgIpc) is 2.56. The summed E-state index contributed by atoms with van der Waals surface area (Å²) in [6, 6.07) is 13.7. The molecule has 0 atom stereocenters. The van der Waals surface area contributed by atoms with Crippen LogP contribution in [0.2, 0.25) is 5.02 Å². The van der Waals surface area contributed by atoms with E-state index < -0.39 is 0 Å². The van der Waals surface area contributed by atoms with Crippen LogP contribution in [0, 0.1) is 0 Å². The highest BCUT2D eigenvalue weighted by Crippen LogP contribution is 2.26. The van der Waals surface area contributed by atoms with Crippen molar-refractivity contribution in [2.45, 2.75) is 6.61 Å². The lowest BCUT2D eigenvalue weighted by Gasteiger charge is -2.37. The van der Waals surface area contributed by atoms with Gasteiger partial charge in [0.1, 0.15) is 5.82 Å². The first-order chi connectivity index (χ1) is 10.3. The van der Waals surface area contributed by atoms with Gasteiger partial charge in [-0.15, -0.1) is 0 Å². The maximum atomic E-state index is 9.18. The number of piperazine rings is 1. The molecule has 110 valence electrons. The molecule has 3 rings (SSSR count). The highest BCUT2D eigenvalue weighted by molar-refractivity contribution is 6.33. The second-order valence-electron chi connectivity index (χ2n) is 5.07. The van der Waals surface area contributed by atoms with Crippen LogP contribution in [-0.4, -0.2) is 36.3 Å². The summed E-state index contributed by atoms with van der Waals surface area (Å²) in [6.07, 6.45) is 0. The highest BCUT2D eigenvalue weighted by atomic mass is 35.5. The van der Waals surface area contributed by atoms with Gasteiger partial charge in [-0.2, -0.15) is 0 Å². The summed E-state index contributed by atoms with van der Waals surface area (Å²) in [7, 11) is 0. The first-order valence-corrected chi connectivity index (χ1v) is 7.47. The fraction of sp³-hybridized carbons (Fsp3) is 0.312. The van der Waals surface area contributed by atoms with Gasteiger partial charge in [0.05, 0.1) is 23.0 Å². The number of anilines is 2. The Bertz CT molecular complexity index is 612. The van der Waals surface area contributed by atoms with Crippen molar-refractivity contribution < 1.29 is 5.11 Å². The second kappa shape index (κ2) is 6.33. The number of aliphatic hydroxyl groups is 1. The highest BCUT2D eigenvalue weighted by Gasteiger charge is 2.19. The number of nitrogens with zero attached hydrogens (tertiary/aromatic N) is 3. The van der Waals surface area contributed by atoms with Gasteiger partial charge in [0, 0.05) is 26.2 Å². The number of rotatable bonds is 3. The number of para-hydroxylation sites is 1. The lowest BCUT2D eigenvalue weighted by atomic mass is 10.2. The monoisotopic (exact) mass is 303 g/mol. The summed E-state index contributed by atoms with van der Waals surface area (Å²) < 4.78 is 0. The van der Waals surface area contributed by atoms with Crippen molar-refractivity contribution in [1.82, 2.24) is 4.98 Å². The van der Waals surface area contributed by atoms with E-state index in [0.29, 0.717) is 5.69 Å². The molecule has 2 heterocycles. The lowest BCUT2D eigenvalue weighted by Crippen LogP contribution is -2.47. The van der Waals surface area contributed by atoms with Crippen molar-refractivity contribution in [1.29, 1.82) is 0 Å². The molecule has 1 N–H and O–H groups in total. The van der Waals surface area contributed by atoms with Crippen LogP contribution in [0.4, 0.5) is 11.5 Å². The Morgan fingerprint density at radius 3 is 2.38 bits per heavy atom. The molecular formula is C16H18ClN3O. The van der Waals surface area contributed by atoms with Crippen LogP contribution < -0.4 is 9.80 Å². The van der Waals surface area contributed by atoms with Crippen LogP contribution in [0.25, 0.3) is 0 Å². The van der Waals surface area contributed by atoms with Gasteiger partial charge >= 0.3 is 0 Å². The Kier molecular flexibility index (Phi) is 4.27. The zero-order valence-corrected chi connectivity index (χ0v) is 12.5. The Morgan fingerprint density at radius 1 is 0.952 bits per heavy atom. The van der Waals surface area contributed by atoms with Crippen molar-refractivity contribution in [3.63, 3.8) is 0 Å². The van der Waals surface area contributed by atoms with E-state index in [-0.39, 0.29) is 6.61 Å². The van der Waals surface area contributed by atoms with Gasteiger partial charge in [0.2, 0.25) is 0 Å². The molecule has 1 aromatic carbocycles. The van der Waals surface area contributed by atoms with Crippen LogP contribution in [0.15, 0.2) is 42.5 Å². The minimum absolute atomic E-state index is 0.0204. The fourth-order valence-corrected chi connectivity index (χ4v) is 2.87. The molecule has 0 radical (unpaired) electrons. The Balaban J connectivity index is 1.69. The van der Waals surface area contributed by atoms with Crippen molar-refractivity contribution >= 4 is 23.1 Å². The topological polar surface area (TPSA) is 39.6 Å². The molecule has 1 aliphatic rings. The summed E-state index contributed by atoms with van der Waals surface area (Å²) in [5.41, 5.74) is 1.80. The van der Waals surface area contributed by atoms with Gasteiger partial charge in [-0.05, 0) is 24.3 Å². The first-order valence-electron chi connectivity index (χ1n) is 7.09. The molecule has 4 nitrogen and oxygen atoms in total. The van der Waals surface area contributed by atoms with E-state index in [9.17, 15) is 5.11 Å². The summed E-state index contributed by atoms with van der Waals surface area (Å²) in [4.78, 5) is 9.00. The van der Waals surface area contributed by atoms with E-state index in [2.05, 4.69) is 20.9 Å². The number of benzene rings is 1. The lowest BCUT2D eigenvalue weighted by molar-refractivity contribution is 0.277. The van der Waals surface area contributed by atoms with Crippen LogP contribution >= 0.6 is 11.6 Å². The zero-order chi connectivity index (χ0) is 14.7. The molecule has 0 unspecified atom stereocenters. The van der Waals surface area contributed by atoms with Gasteiger partial charge < -0.3 is 14.9 Å². The quantitative estimate of drug-likeness (QED) is 0.946. The third-order valence-electron chi connectivity index (χ3n) is 3.75. The molecule has 0 saturated carbocycles. The van der Waals surface area contributed by atoms with Gasteiger partial charge in [-0.25, -0.2) is 4.98 Å². The standard InChI is InChI=1S/C16H18ClN3O/c17-14-5-1-2-6-15(14)19-8-10-20(11-9-19)16-7-3-4-13(12-21)18-16/h1-7,21H,8-12H2. The summed E-state index contributed by atoms with van der Waals surface area (Å²) >= 11 is 6.26. The molecule has 21 heavy (non-hydrogen) atoms. The first kappa shape index (κ1) is 14.2. The van der Waals surface area contributed by atoms with Crippen molar-refractivity contribution in [2.24, 2.45) is 0 Å². The Morgan fingerprint density at radius 2 is 1.67 bits per heavy atom. The second-order valence-corrected chi connectivity index (χ2v) is 5.48. The van der Waals surface area contributed by atoms with E-state index in [4.69, 9.17) is 11.6 Å². The predicted molar refractivity (Wildman–Crippen MR) is 86.0 cm³/mol. The Labute approximate surface area is 129 Å². The molecule has 2 aromatic rings. The normalized spacial score (nSPS) is 15.3. The third kappa shape index (κ3) is 3.12. The number of hydrogen-bond donors (Lipinski definition) is 1. The van der Waals surface area contributed by atoms with E-state index in [1.54, 1.807) is 0 Å². The maximum Gasteiger partial charge on any atom is 0.129 e. The largest absolute Gasteiger partial charge is 0.390 e. The van der Waals surface area contributed by atoms with Gasteiger partial charge in [-0.1, -0.05) is 29.8 Å². The van der Waals surface area contributed by atoms with Crippen molar-refractivity contribution in [3.05, 3.63) is 53.2 Å². The van der Waals surface area contributed by atoms with Crippen LogP contribution in [0.3, 0.4) is 0 Å². The number of aromatic nitrogens is 1. The smallest absolute Gasteiger partial charge is 0.129 e. The molecule has 0 bridgehead atoms. The van der Waals surface area contributed by atoms with E-state index in [0.717, 1.165) is 42.7 Å². The molecule has 1 fully saturated rings. The summed E-state index contributed by atoms with van der Waals surface area (Å²) in [5, 5.41) is 9.98. The maximum absolute atomic E-state index is 9.18. The van der Waals surface area contributed by atoms with Crippen molar-refractivity contribution in [2.75, 3.05) is 36.0 Å². The minimum Gasteiger partial charge on any atom is -0.390 e. The van der Waals surface area contributed by atoms with Gasteiger partial charge in [-0.3, -0.25) is 0 Å². The molecule has 0 amide bonds. The molecular weight excluding hydrogens is 286 g/mol. The number of pyridine rings is 1. The average molecular weight is 304 g/mol. The fourth-order valence-electron chi connectivity index (χ4n) is 2.62. The SMILES string of the molecule is OCc1cccc(N2CCN(c3ccccc3Cl)CC2)n1. The van der Waals surface area contributed by atoms with E-state index in [1.165, 1.54) is 0 Å². The van der Waals surface area contributed by atoms with Gasteiger partial charge in [0.15, 0.2) is 0 Å². The van der Waals surface area contributed by atoms with E-state index in [1.807, 2.05) is 36.4 Å². The van der Waals surface area contributed by atoms with Crippen LogP contribution in [0.1, 0.15) is 5.69 Å². The molecule has 5 heteroatoms. The number of halogens is 1. The third-order valence-corrected chi connectivity index (χ3v) is 4.07. The number of hydrogen-bond acceptors (Lipinski definition) is 4.